The van der Waals surface area contributed by atoms with Crippen LogP contribution in [0.2, 0.25) is 0 Å². The Morgan fingerprint density at radius 1 is 0.462 bits per heavy atom. The van der Waals surface area contributed by atoms with E-state index in [2.05, 4.69) is 19.4 Å². The van der Waals surface area contributed by atoms with Crippen LogP contribution in [0.5, 0.6) is 11.5 Å². The summed E-state index contributed by atoms with van der Waals surface area (Å²) in [5.41, 5.74) is 4.04. The maximum Gasteiger partial charge on any atom is 0.573 e. The van der Waals surface area contributed by atoms with Gasteiger partial charge in [-0.15, -0.1) is 13.2 Å². The number of hydrogen-bond acceptors (Lipinski definition) is 11. The molecule has 3 amide bonds. The maximum atomic E-state index is 12.6. The van der Waals surface area contributed by atoms with Gasteiger partial charge < -0.3 is 53.1 Å². The van der Waals surface area contributed by atoms with Gasteiger partial charge in [0.2, 0.25) is 0 Å². The number of benzene rings is 3. The molecule has 0 bridgehead atoms. The summed E-state index contributed by atoms with van der Waals surface area (Å²) < 4.78 is 99.0. The van der Waals surface area contributed by atoms with Crippen LogP contribution in [0.25, 0.3) is 0 Å². The second-order valence-corrected chi connectivity index (χ2v) is 15.3. The molecule has 3 aromatic carbocycles. The number of carbonyl (C=O) groups excluding carboxylic acids is 3. The summed E-state index contributed by atoms with van der Waals surface area (Å²) >= 11 is 0. The van der Waals surface area contributed by atoms with Gasteiger partial charge in [0.15, 0.2) is 0 Å². The van der Waals surface area contributed by atoms with E-state index in [4.69, 9.17) is 18.9 Å². The molecule has 0 spiro atoms. The fraction of sp³-hybridized carbons (Fsp3) is 0.400. The average molecular weight is 915 g/mol. The first-order valence-electron chi connectivity index (χ1n) is 20.9. The summed E-state index contributed by atoms with van der Waals surface area (Å²) in [7, 11) is 1.63. The van der Waals surface area contributed by atoms with Crippen molar-refractivity contribution in [3.63, 3.8) is 0 Å². The van der Waals surface area contributed by atoms with Crippen LogP contribution in [0.1, 0.15) is 5.56 Å². The first-order chi connectivity index (χ1) is 31.1. The van der Waals surface area contributed by atoms with E-state index in [0.717, 1.165) is 93.1 Å². The number of carbonyl (C=O) groups is 3. The predicted octanol–water partition coefficient (Wildman–Crippen LogP) is 5.67. The van der Waals surface area contributed by atoms with Gasteiger partial charge >= 0.3 is 12.5 Å². The van der Waals surface area contributed by atoms with Gasteiger partial charge in [0, 0.05) is 91.6 Å². The maximum absolute atomic E-state index is 12.6. The Kier molecular flexibility index (Phi) is 14.9. The van der Waals surface area contributed by atoms with E-state index in [9.17, 15) is 40.7 Å². The lowest BCUT2D eigenvalue weighted by atomic mass is 10.2. The van der Waals surface area contributed by atoms with Crippen molar-refractivity contribution in [3.8, 4) is 11.5 Å². The molecule has 0 atom stereocenters. The number of anilines is 3. The Bertz CT molecular complexity index is 2220. The number of amides is 3. The van der Waals surface area contributed by atoms with Crippen molar-refractivity contribution in [1.29, 1.82) is 0 Å². The lowest BCUT2D eigenvalue weighted by Crippen LogP contribution is -2.37. The Hall–Kier alpha value is -6.25. The molecule has 0 radical (unpaired) electrons. The van der Waals surface area contributed by atoms with Crippen LogP contribution in [-0.4, -0.2) is 144 Å². The smallest absolute Gasteiger partial charge is 0.497 e. The summed E-state index contributed by atoms with van der Waals surface area (Å²) in [4.78, 5) is 47.5. The SMILES string of the molecule is COc1ccc(N2CC(N3CCOCC3)=CC2=O)cc1.O=C1C=C(N2CCOCC2)CN1c1ccc(C(F)(F)F)cc1.O=C1C=C(N2CCOCC2)CN1c1ccc(OC(F)(F)F)cc1. The van der Waals surface area contributed by atoms with E-state index < -0.39 is 18.1 Å². The number of nitrogens with zero attached hydrogens (tertiary/aromatic N) is 6. The number of rotatable bonds is 8. The quantitative estimate of drug-likeness (QED) is 0.261. The molecular formula is C45H48F6N6O8. The predicted molar refractivity (Wildman–Crippen MR) is 226 cm³/mol. The Morgan fingerprint density at radius 2 is 0.769 bits per heavy atom. The highest BCUT2D eigenvalue weighted by Gasteiger charge is 2.34. The van der Waals surface area contributed by atoms with Crippen LogP contribution < -0.4 is 24.2 Å². The summed E-state index contributed by atoms with van der Waals surface area (Å²) in [6.45, 7) is 9.96. The minimum absolute atomic E-state index is 0.0386. The summed E-state index contributed by atoms with van der Waals surface area (Å²) in [5.74, 6) is 0.130. The number of methoxy groups -OCH3 is 1. The van der Waals surface area contributed by atoms with Gasteiger partial charge in [0.1, 0.15) is 11.5 Å². The molecule has 348 valence electrons. The van der Waals surface area contributed by atoms with Crippen molar-refractivity contribution in [2.24, 2.45) is 0 Å². The highest BCUT2D eigenvalue weighted by atomic mass is 19.4. The molecule has 3 fully saturated rings. The highest BCUT2D eigenvalue weighted by Crippen LogP contribution is 2.33. The monoisotopic (exact) mass is 914 g/mol. The van der Waals surface area contributed by atoms with Crippen LogP contribution in [0.3, 0.4) is 0 Å². The van der Waals surface area contributed by atoms with Gasteiger partial charge in [-0.25, -0.2) is 0 Å². The van der Waals surface area contributed by atoms with E-state index in [0.29, 0.717) is 57.4 Å². The fourth-order valence-electron chi connectivity index (χ4n) is 7.72. The molecule has 14 nitrogen and oxygen atoms in total. The molecule has 3 saturated heterocycles. The average Bonchev–Trinajstić information content (AvgIpc) is 4.03. The van der Waals surface area contributed by atoms with Crippen molar-refractivity contribution in [1.82, 2.24) is 14.7 Å². The molecule has 0 aliphatic carbocycles. The van der Waals surface area contributed by atoms with E-state index in [1.165, 1.54) is 46.2 Å². The molecule has 3 aromatic rings. The van der Waals surface area contributed by atoms with Crippen LogP contribution in [-0.2, 0) is 34.8 Å². The minimum atomic E-state index is -4.73. The zero-order valence-corrected chi connectivity index (χ0v) is 35.5. The number of alkyl halides is 6. The van der Waals surface area contributed by atoms with Crippen LogP contribution in [0, 0.1) is 0 Å². The highest BCUT2D eigenvalue weighted by molar-refractivity contribution is 6.06. The van der Waals surface area contributed by atoms with E-state index >= 15 is 0 Å². The Morgan fingerprint density at radius 3 is 1.06 bits per heavy atom. The summed E-state index contributed by atoms with van der Waals surface area (Å²) in [6, 6.07) is 17.5. The molecule has 6 aliphatic rings. The molecule has 6 heterocycles. The number of ether oxygens (including phenoxy) is 5. The largest absolute Gasteiger partial charge is 0.573 e. The molecule has 0 N–H and O–H groups in total. The topological polar surface area (TPSA) is 117 Å². The van der Waals surface area contributed by atoms with Gasteiger partial charge in [-0.1, -0.05) is 0 Å². The first kappa shape index (κ1) is 46.7. The van der Waals surface area contributed by atoms with Crippen molar-refractivity contribution in [3.05, 3.63) is 114 Å². The summed E-state index contributed by atoms with van der Waals surface area (Å²) in [5, 5.41) is 0. The Balaban J connectivity index is 0.000000146. The zero-order valence-electron chi connectivity index (χ0n) is 35.5. The normalized spacial score (nSPS) is 19.3. The molecule has 9 rings (SSSR count). The third-order valence-electron chi connectivity index (χ3n) is 11.2. The van der Waals surface area contributed by atoms with Crippen LogP contribution in [0.4, 0.5) is 43.4 Å². The minimum Gasteiger partial charge on any atom is -0.497 e. The van der Waals surface area contributed by atoms with E-state index in [1.54, 1.807) is 30.2 Å². The Labute approximate surface area is 371 Å². The second-order valence-electron chi connectivity index (χ2n) is 15.3. The number of hydrogen-bond donors (Lipinski definition) is 0. The first-order valence-corrected chi connectivity index (χ1v) is 20.9. The molecule has 0 unspecified atom stereocenters. The fourth-order valence-corrected chi connectivity index (χ4v) is 7.72. The van der Waals surface area contributed by atoms with Gasteiger partial charge in [0.05, 0.1) is 71.9 Å². The van der Waals surface area contributed by atoms with Gasteiger partial charge in [-0.05, 0) is 72.8 Å². The second kappa shape index (κ2) is 20.7. The van der Waals surface area contributed by atoms with Crippen molar-refractivity contribution < 1.29 is 64.4 Å². The summed E-state index contributed by atoms with van der Waals surface area (Å²) in [6.07, 6.45) is -4.26. The molecule has 65 heavy (non-hydrogen) atoms. The van der Waals surface area contributed by atoms with Gasteiger partial charge in [-0.3, -0.25) is 14.4 Å². The molecule has 20 heteroatoms. The third-order valence-corrected chi connectivity index (χ3v) is 11.2. The number of halogens is 6. The lowest BCUT2D eigenvalue weighted by molar-refractivity contribution is -0.274. The van der Waals surface area contributed by atoms with Crippen molar-refractivity contribution in [2.75, 3.05) is 120 Å². The van der Waals surface area contributed by atoms with Crippen LogP contribution in [0.15, 0.2) is 108 Å². The van der Waals surface area contributed by atoms with Crippen molar-refractivity contribution >= 4 is 34.8 Å². The molecule has 6 aliphatic heterocycles. The molecule has 0 aromatic heterocycles. The molecule has 0 saturated carbocycles. The standard InChI is InChI=1S/C15H15F3N2O3.C15H15F3N2O2.C15H18N2O3/c16-15(17,18)23-13-3-1-11(2-4-13)20-10-12(9-14(20)21)19-5-7-22-8-6-19;16-15(17,18)11-1-3-12(4-2-11)20-10-13(9-14(20)21)19-5-7-22-8-6-19;1-19-14-4-2-12(3-5-14)17-11-13(10-15(17)18)16-6-8-20-9-7-16/h1-4,9H,5-8,10H2;1-4,9H,5-8,10H2;2-5,10H,6-9,11H2,1H3. The lowest BCUT2D eigenvalue weighted by Gasteiger charge is -2.30. The van der Waals surface area contributed by atoms with Gasteiger partial charge in [0.25, 0.3) is 17.7 Å². The van der Waals surface area contributed by atoms with Crippen molar-refractivity contribution in [2.45, 2.75) is 12.5 Å². The van der Waals surface area contributed by atoms with Crippen LogP contribution >= 0.6 is 0 Å². The number of morpholine rings is 3. The third kappa shape index (κ3) is 12.3. The van der Waals surface area contributed by atoms with E-state index in [-0.39, 0.29) is 23.5 Å². The van der Waals surface area contributed by atoms with Gasteiger partial charge in [-0.2, -0.15) is 13.2 Å². The zero-order chi connectivity index (χ0) is 46.1. The molecular weight excluding hydrogens is 867 g/mol. The van der Waals surface area contributed by atoms with E-state index in [1.807, 2.05) is 24.3 Å².